The molecule has 9 aromatic rings. The number of hydrogen-bond donors (Lipinski definition) is 0. The third kappa shape index (κ3) is 6.74. The Morgan fingerprint density at radius 1 is 0.281 bits per heavy atom. The molecule has 0 saturated heterocycles. The second-order valence-electron chi connectivity index (χ2n) is 16.5. The Morgan fingerprint density at radius 3 is 0.844 bits per heavy atom. The molecule has 7 heteroatoms. The van der Waals surface area contributed by atoms with Crippen LogP contribution in [-0.2, 0) is 0 Å². The van der Waals surface area contributed by atoms with Crippen molar-refractivity contribution >= 4 is 104 Å². The summed E-state index contributed by atoms with van der Waals surface area (Å²) in [5, 5.41) is 0. The number of rotatable bonds is 6. The Hall–Kier alpha value is -6.77. The molecule has 12 rings (SSSR count). The van der Waals surface area contributed by atoms with E-state index in [-0.39, 0.29) is 0 Å². The summed E-state index contributed by atoms with van der Waals surface area (Å²) >= 11 is 5.54. The molecule has 0 amide bonds. The highest BCUT2D eigenvalue weighted by Crippen LogP contribution is 2.55. The zero-order valence-corrected chi connectivity index (χ0v) is 38.0. The van der Waals surface area contributed by atoms with Crippen molar-refractivity contribution in [2.75, 3.05) is 19.6 Å². The Labute approximate surface area is 387 Å². The molecule has 3 aliphatic heterocycles. The smallest absolute Gasteiger partial charge is 0.0601 e. The molecule has 9 aromatic carbocycles. The van der Waals surface area contributed by atoms with Gasteiger partial charge in [-0.2, -0.15) is 0 Å². The maximum absolute atomic E-state index is 2.40. The van der Waals surface area contributed by atoms with Crippen molar-refractivity contribution in [3.63, 3.8) is 0 Å². The van der Waals surface area contributed by atoms with Crippen molar-refractivity contribution in [3.05, 3.63) is 217 Å². The third-order valence-corrected chi connectivity index (χ3v) is 15.5. The first-order valence-electron chi connectivity index (χ1n) is 21.6. The van der Waals surface area contributed by atoms with Crippen LogP contribution >= 0.6 is 35.3 Å². The van der Waals surface area contributed by atoms with E-state index in [4.69, 9.17) is 0 Å². The van der Waals surface area contributed by atoms with E-state index in [1.807, 2.05) is 35.3 Å². The molecule has 3 heterocycles. The van der Waals surface area contributed by atoms with Crippen LogP contribution in [0, 0.1) is 20.8 Å². The fourth-order valence-corrected chi connectivity index (χ4v) is 12.6. The van der Waals surface area contributed by atoms with Crippen LogP contribution in [0.3, 0.4) is 0 Å². The lowest BCUT2D eigenvalue weighted by atomic mass is 10.1. The number of fused-ring (bicyclic) bond motifs is 6. The van der Waals surface area contributed by atoms with Crippen molar-refractivity contribution in [2.45, 2.75) is 50.1 Å². The summed E-state index contributed by atoms with van der Waals surface area (Å²) in [5.74, 6) is 0. The Kier molecular flexibility index (Phi) is 9.59. The fourth-order valence-electron chi connectivity index (χ4n) is 9.13. The molecule has 0 aromatic heterocycles. The average Bonchev–Trinajstić information content (AvgIpc) is 3.32. The van der Waals surface area contributed by atoms with Gasteiger partial charge in [0.2, 0.25) is 0 Å². The van der Waals surface area contributed by atoms with Crippen molar-refractivity contribution in [2.24, 2.45) is 0 Å². The van der Waals surface area contributed by atoms with Gasteiger partial charge >= 0.3 is 0 Å². The van der Waals surface area contributed by atoms with E-state index in [2.05, 4.69) is 241 Å². The summed E-state index contributed by atoms with van der Waals surface area (Å²) in [4.78, 5) is 17.2. The summed E-state index contributed by atoms with van der Waals surface area (Å²) in [6, 6.07) is 73.7. The van der Waals surface area contributed by atoms with Gasteiger partial charge in [0.25, 0.3) is 0 Å². The lowest BCUT2D eigenvalue weighted by Crippen LogP contribution is -2.16. The SMILES string of the molecule is Cc1ccc2c(c1)Sc1ccccc1N2c1ccc(N(c2ccc(N3c4ccccc4Sc4cc(C)ccc43)cc2)c2ccc(N3c4ccccc4Sc4cc(C)ccc43)cc2)cc1. The maximum atomic E-state index is 2.40. The molecule has 0 fully saturated rings. The Balaban J connectivity index is 0.959. The average molecular weight is 879 g/mol. The molecular formula is C57H42N4S3. The number of hydrogen-bond acceptors (Lipinski definition) is 7. The van der Waals surface area contributed by atoms with Crippen molar-refractivity contribution in [1.29, 1.82) is 0 Å². The van der Waals surface area contributed by atoms with Gasteiger partial charge in [0.05, 0.1) is 34.1 Å². The van der Waals surface area contributed by atoms with Gasteiger partial charge in [-0.3, -0.25) is 0 Å². The van der Waals surface area contributed by atoms with Crippen LogP contribution in [0.1, 0.15) is 16.7 Å². The van der Waals surface area contributed by atoms with Crippen LogP contribution in [0.4, 0.5) is 68.2 Å². The number of benzene rings is 9. The summed E-state index contributed by atoms with van der Waals surface area (Å²) < 4.78 is 0. The van der Waals surface area contributed by atoms with E-state index in [9.17, 15) is 0 Å². The minimum atomic E-state index is 1.08. The molecule has 0 N–H and O–H groups in total. The van der Waals surface area contributed by atoms with Crippen molar-refractivity contribution in [3.8, 4) is 0 Å². The lowest BCUT2D eigenvalue weighted by molar-refractivity contribution is 1.15. The molecule has 0 saturated carbocycles. The summed E-state index contributed by atoms with van der Waals surface area (Å²) in [6.45, 7) is 6.51. The first kappa shape index (κ1) is 38.9. The molecule has 308 valence electrons. The van der Waals surface area contributed by atoms with Gasteiger partial charge in [-0.15, -0.1) is 0 Å². The zero-order chi connectivity index (χ0) is 42.9. The predicted octanol–water partition coefficient (Wildman–Crippen LogP) is 17.9. The second kappa shape index (κ2) is 15.8. The number of nitrogens with zero attached hydrogens (tertiary/aromatic N) is 4. The highest BCUT2D eigenvalue weighted by Gasteiger charge is 2.28. The molecule has 0 spiro atoms. The van der Waals surface area contributed by atoms with E-state index in [1.54, 1.807) is 0 Å². The second-order valence-corrected chi connectivity index (χ2v) is 19.8. The molecule has 0 unspecified atom stereocenters. The number of anilines is 12. The van der Waals surface area contributed by atoms with Gasteiger partial charge in [-0.05, 0) is 183 Å². The van der Waals surface area contributed by atoms with Crippen LogP contribution in [0.25, 0.3) is 0 Å². The first-order chi connectivity index (χ1) is 31.4. The Bertz CT molecular complexity index is 2910. The Morgan fingerprint density at radius 2 is 0.547 bits per heavy atom. The molecule has 0 atom stereocenters. The quantitative estimate of drug-likeness (QED) is 0.163. The molecule has 0 bridgehead atoms. The van der Waals surface area contributed by atoms with Gasteiger partial charge in [0.15, 0.2) is 0 Å². The van der Waals surface area contributed by atoms with Crippen molar-refractivity contribution in [1.82, 2.24) is 0 Å². The van der Waals surface area contributed by atoms with Crippen molar-refractivity contribution < 1.29 is 0 Å². The van der Waals surface area contributed by atoms with E-state index in [0.717, 1.165) is 34.1 Å². The number of para-hydroxylation sites is 3. The molecule has 0 aliphatic carbocycles. The van der Waals surface area contributed by atoms with E-state index in [0.29, 0.717) is 0 Å². The monoisotopic (exact) mass is 878 g/mol. The summed E-state index contributed by atoms with van der Waals surface area (Å²) in [7, 11) is 0. The largest absolute Gasteiger partial charge is 0.310 e. The van der Waals surface area contributed by atoms with Crippen LogP contribution in [0.5, 0.6) is 0 Å². The van der Waals surface area contributed by atoms with E-state index < -0.39 is 0 Å². The third-order valence-electron chi connectivity index (χ3n) is 12.1. The molecule has 3 aliphatic rings. The summed E-state index contributed by atoms with van der Waals surface area (Å²) in [6.07, 6.45) is 0. The normalized spacial score (nSPS) is 13.3. The van der Waals surface area contributed by atoms with Gasteiger partial charge < -0.3 is 19.6 Å². The van der Waals surface area contributed by atoms with Gasteiger partial charge in [0, 0.05) is 63.5 Å². The molecule has 4 nitrogen and oxygen atoms in total. The first-order valence-corrected chi connectivity index (χ1v) is 24.0. The highest BCUT2D eigenvalue weighted by atomic mass is 32.2. The highest BCUT2D eigenvalue weighted by molar-refractivity contribution is 8.00. The van der Waals surface area contributed by atoms with Gasteiger partial charge in [-0.1, -0.05) is 89.9 Å². The van der Waals surface area contributed by atoms with Gasteiger partial charge in [0.1, 0.15) is 0 Å². The zero-order valence-electron chi connectivity index (χ0n) is 35.6. The summed E-state index contributed by atoms with van der Waals surface area (Å²) in [5.41, 5.74) is 17.6. The topological polar surface area (TPSA) is 13.0 Å². The minimum Gasteiger partial charge on any atom is -0.310 e. The van der Waals surface area contributed by atoms with Crippen LogP contribution in [-0.4, -0.2) is 0 Å². The standard InChI is InChI=1S/C57H42N4S3/c1-37-16-31-49-55(34-37)62-52-13-7-4-10-46(52)59(49)43-25-19-40(20-26-43)58(41-21-27-44(28-22-41)60-47-11-5-8-14-53(47)63-56-35-38(2)17-32-50(56)60)42-23-29-45(30-24-42)61-48-12-6-9-15-54(48)64-57-36-39(3)18-33-51(57)61/h4-36H,1-3H3. The van der Waals surface area contributed by atoms with E-state index in [1.165, 1.54) is 80.2 Å². The molecule has 0 radical (unpaired) electrons. The maximum Gasteiger partial charge on any atom is 0.0601 e. The number of aryl methyl sites for hydroxylation is 3. The fraction of sp³-hybridized carbons (Fsp3) is 0.0526. The molecule has 64 heavy (non-hydrogen) atoms. The molecular weight excluding hydrogens is 837 g/mol. The van der Waals surface area contributed by atoms with Crippen LogP contribution in [0.15, 0.2) is 230 Å². The van der Waals surface area contributed by atoms with Crippen LogP contribution < -0.4 is 19.6 Å². The van der Waals surface area contributed by atoms with E-state index >= 15 is 0 Å². The van der Waals surface area contributed by atoms with Crippen LogP contribution in [0.2, 0.25) is 0 Å². The minimum absolute atomic E-state index is 1.08. The lowest BCUT2D eigenvalue weighted by Gasteiger charge is -2.34. The van der Waals surface area contributed by atoms with Gasteiger partial charge in [-0.25, -0.2) is 0 Å². The predicted molar refractivity (Wildman–Crippen MR) is 272 cm³/mol.